The van der Waals surface area contributed by atoms with E-state index in [-0.39, 0.29) is 22.0 Å². The Morgan fingerprint density at radius 2 is 1.60 bits per heavy atom. The number of aryl methyl sites for hydroxylation is 1. The second-order valence-electron chi connectivity index (χ2n) is 9.76. The number of pyridine rings is 1. The van der Waals surface area contributed by atoms with Gasteiger partial charge in [0.05, 0.1) is 23.3 Å². The summed E-state index contributed by atoms with van der Waals surface area (Å²) in [6, 6.07) is 31.0. The van der Waals surface area contributed by atoms with Gasteiger partial charge in [-0.25, -0.2) is 13.2 Å². The number of nitrogens with one attached hydrogen (secondary N) is 1. The maximum absolute atomic E-state index is 12.4. The zero-order chi connectivity index (χ0) is 32.2. The fourth-order valence-corrected chi connectivity index (χ4v) is 5.66. The van der Waals surface area contributed by atoms with Gasteiger partial charge in [-0.15, -0.1) is 0 Å². The minimum absolute atomic E-state index is 0.0235. The van der Waals surface area contributed by atoms with Crippen LogP contribution in [0.5, 0.6) is 11.5 Å². The molecule has 0 aliphatic heterocycles. The number of carboxylic acid groups (broad SMARTS) is 1. The zero-order valence-electron chi connectivity index (χ0n) is 24.3. The predicted molar refractivity (Wildman–Crippen MR) is 173 cm³/mol. The first kappa shape index (κ1) is 33.0. The molecule has 0 saturated carbocycles. The molecule has 1 atom stereocenters. The van der Waals surface area contributed by atoms with Crippen molar-refractivity contribution in [1.82, 2.24) is 10.3 Å². The molecule has 1 amide bonds. The third-order valence-electron chi connectivity index (χ3n) is 6.56. The van der Waals surface area contributed by atoms with E-state index in [1.807, 2.05) is 30.5 Å². The number of sulfone groups is 1. The number of fused-ring (bicyclic) bond motifs is 1. The fraction of sp³-hybridized carbons (Fsp3) is 0.147. The number of nitrogens with zero attached hydrogens (tertiary/aromatic N) is 1. The van der Waals surface area contributed by atoms with Crippen LogP contribution in [-0.2, 0) is 21.1 Å². The molecule has 0 aliphatic rings. The summed E-state index contributed by atoms with van der Waals surface area (Å²) < 4.78 is 35.4. The number of benzene rings is 4. The summed E-state index contributed by atoms with van der Waals surface area (Å²) in [6.45, 7) is 0. The van der Waals surface area contributed by atoms with Crippen molar-refractivity contribution in [2.24, 2.45) is 0 Å². The number of halogens is 1. The number of carboxylic acids is 1. The second kappa shape index (κ2) is 15.7. The number of ether oxygens (including phenoxy) is 2. The molecule has 1 unspecified atom stereocenters. The van der Waals surface area contributed by atoms with Crippen LogP contribution < -0.4 is 14.8 Å². The highest BCUT2D eigenvalue weighted by Gasteiger charge is 2.23. The predicted octanol–water partition coefficient (Wildman–Crippen LogP) is 6.21. The Hall–Kier alpha value is -4.93. The van der Waals surface area contributed by atoms with E-state index in [0.717, 1.165) is 11.1 Å². The summed E-state index contributed by atoms with van der Waals surface area (Å²) in [4.78, 5) is 28.4. The Labute approximate surface area is 266 Å². The molecule has 9 nitrogen and oxygen atoms in total. The maximum atomic E-state index is 12.4. The van der Waals surface area contributed by atoms with Crippen molar-refractivity contribution in [3.63, 3.8) is 0 Å². The van der Waals surface area contributed by atoms with Gasteiger partial charge in [0, 0.05) is 22.2 Å². The Morgan fingerprint density at radius 1 is 0.889 bits per heavy atom. The molecule has 45 heavy (non-hydrogen) atoms. The molecule has 0 saturated heterocycles. The highest BCUT2D eigenvalue weighted by atomic mass is 35.5. The Bertz CT molecular complexity index is 1780. The molecular formula is C34H31ClN2O7S. The SMILES string of the molecule is COc1cccc(C(=O)NC(Oc2ccc(CCCS(=O)(=O)c3ccc(Cl)cc3)cc2)C(=O)O)c1.c1ccc2ncccc2c1. The summed E-state index contributed by atoms with van der Waals surface area (Å²) >= 11 is 5.81. The Kier molecular flexibility index (Phi) is 11.5. The van der Waals surface area contributed by atoms with Gasteiger partial charge in [-0.05, 0) is 85.1 Å². The van der Waals surface area contributed by atoms with Crippen LogP contribution in [0.15, 0.2) is 120 Å². The molecule has 4 aromatic carbocycles. The summed E-state index contributed by atoms with van der Waals surface area (Å²) in [7, 11) is -1.96. The van der Waals surface area contributed by atoms with Gasteiger partial charge in [0.15, 0.2) is 9.84 Å². The van der Waals surface area contributed by atoms with E-state index < -0.39 is 27.9 Å². The van der Waals surface area contributed by atoms with Crippen molar-refractivity contribution in [2.45, 2.75) is 24.0 Å². The first-order valence-corrected chi connectivity index (χ1v) is 15.9. The topological polar surface area (TPSA) is 132 Å². The van der Waals surface area contributed by atoms with Crippen molar-refractivity contribution in [3.05, 3.63) is 132 Å². The van der Waals surface area contributed by atoms with Gasteiger partial charge in [0.25, 0.3) is 12.1 Å². The number of rotatable bonds is 11. The van der Waals surface area contributed by atoms with E-state index in [9.17, 15) is 23.1 Å². The summed E-state index contributed by atoms with van der Waals surface area (Å²) in [5, 5.41) is 13.5. The molecule has 1 heterocycles. The number of amides is 1. The van der Waals surface area contributed by atoms with Crippen LogP contribution in [0.4, 0.5) is 0 Å². The third kappa shape index (κ3) is 9.79. The lowest BCUT2D eigenvalue weighted by atomic mass is 10.1. The van der Waals surface area contributed by atoms with Crippen molar-refractivity contribution in [1.29, 1.82) is 0 Å². The number of para-hydroxylation sites is 1. The van der Waals surface area contributed by atoms with Crippen LogP contribution in [0.25, 0.3) is 10.9 Å². The Morgan fingerprint density at radius 3 is 2.29 bits per heavy atom. The summed E-state index contributed by atoms with van der Waals surface area (Å²) in [5.74, 6) is -1.32. The minimum atomic E-state index is -3.42. The van der Waals surface area contributed by atoms with Crippen LogP contribution in [-0.4, -0.2) is 49.5 Å². The minimum Gasteiger partial charge on any atom is -0.497 e. The van der Waals surface area contributed by atoms with Crippen LogP contribution >= 0.6 is 11.6 Å². The monoisotopic (exact) mass is 646 g/mol. The van der Waals surface area contributed by atoms with Gasteiger partial charge in [-0.1, -0.05) is 54.1 Å². The van der Waals surface area contributed by atoms with Gasteiger partial charge >= 0.3 is 5.97 Å². The van der Waals surface area contributed by atoms with Crippen molar-refractivity contribution in [2.75, 3.05) is 12.9 Å². The molecule has 2 N–H and O–H groups in total. The van der Waals surface area contributed by atoms with Gasteiger partial charge < -0.3 is 19.9 Å². The standard InChI is InChI=1S/C25H24ClNO7S.C9H7N/c1-33-21-6-2-5-18(16-21)23(28)27-24(25(29)30)34-20-11-7-17(8-12-20)4-3-15-35(31,32)22-13-9-19(26)10-14-22;1-2-6-9-8(4-1)5-3-7-10-9/h2,5-14,16,24H,3-4,15H2,1H3,(H,27,28)(H,29,30);1-7H. The van der Waals surface area contributed by atoms with Crippen LogP contribution in [0.3, 0.4) is 0 Å². The van der Waals surface area contributed by atoms with E-state index in [1.54, 1.807) is 36.4 Å². The molecule has 0 bridgehead atoms. The van der Waals surface area contributed by atoms with Gasteiger partial charge in [0.1, 0.15) is 11.5 Å². The number of aromatic nitrogens is 1. The van der Waals surface area contributed by atoms with E-state index in [4.69, 9.17) is 21.1 Å². The molecule has 0 fully saturated rings. The maximum Gasteiger partial charge on any atom is 0.366 e. The summed E-state index contributed by atoms with van der Waals surface area (Å²) in [5.41, 5.74) is 2.14. The molecule has 1 aromatic heterocycles. The second-order valence-corrected chi connectivity index (χ2v) is 12.3. The van der Waals surface area contributed by atoms with Crippen LogP contribution in [0.1, 0.15) is 22.3 Å². The smallest absolute Gasteiger partial charge is 0.366 e. The van der Waals surface area contributed by atoms with Crippen molar-refractivity contribution in [3.8, 4) is 11.5 Å². The average molecular weight is 647 g/mol. The summed E-state index contributed by atoms with van der Waals surface area (Å²) in [6.07, 6.45) is 1.10. The number of aliphatic carboxylic acids is 1. The lowest BCUT2D eigenvalue weighted by Gasteiger charge is -2.17. The number of hydrogen-bond acceptors (Lipinski definition) is 7. The quantitative estimate of drug-likeness (QED) is 0.162. The van der Waals surface area contributed by atoms with Gasteiger partial charge in [0.2, 0.25) is 0 Å². The molecule has 0 radical (unpaired) electrons. The fourth-order valence-electron chi connectivity index (χ4n) is 4.22. The number of methoxy groups -OCH3 is 1. The molecule has 11 heteroatoms. The van der Waals surface area contributed by atoms with E-state index in [0.29, 0.717) is 23.6 Å². The molecular weight excluding hydrogens is 616 g/mol. The van der Waals surface area contributed by atoms with E-state index in [1.165, 1.54) is 48.9 Å². The van der Waals surface area contributed by atoms with E-state index in [2.05, 4.69) is 22.4 Å². The largest absolute Gasteiger partial charge is 0.497 e. The van der Waals surface area contributed by atoms with Crippen molar-refractivity contribution < 1.29 is 32.6 Å². The third-order valence-corrected chi connectivity index (χ3v) is 8.63. The lowest BCUT2D eigenvalue weighted by molar-refractivity contribution is -0.146. The van der Waals surface area contributed by atoms with Crippen LogP contribution in [0, 0.1) is 0 Å². The molecule has 232 valence electrons. The molecule has 5 aromatic rings. The molecule has 0 spiro atoms. The number of hydrogen-bond donors (Lipinski definition) is 2. The van der Waals surface area contributed by atoms with E-state index >= 15 is 0 Å². The number of carbonyl (C=O) groups excluding carboxylic acids is 1. The van der Waals surface area contributed by atoms with Crippen LogP contribution in [0.2, 0.25) is 5.02 Å². The molecule has 0 aliphatic carbocycles. The lowest BCUT2D eigenvalue weighted by Crippen LogP contribution is -2.44. The number of carbonyl (C=O) groups is 2. The zero-order valence-corrected chi connectivity index (χ0v) is 25.9. The first-order valence-electron chi connectivity index (χ1n) is 13.9. The first-order chi connectivity index (χ1) is 21.6. The average Bonchev–Trinajstić information content (AvgIpc) is 3.05. The van der Waals surface area contributed by atoms with Gasteiger partial charge in [-0.2, -0.15) is 0 Å². The normalized spacial score (nSPS) is 11.5. The highest BCUT2D eigenvalue weighted by molar-refractivity contribution is 7.91. The molecule has 5 rings (SSSR count). The Balaban J connectivity index is 0.000000385. The van der Waals surface area contributed by atoms with Crippen molar-refractivity contribution >= 4 is 44.2 Å². The van der Waals surface area contributed by atoms with Gasteiger partial charge in [-0.3, -0.25) is 9.78 Å². The highest BCUT2D eigenvalue weighted by Crippen LogP contribution is 2.19.